The second-order valence-corrected chi connectivity index (χ2v) is 5.27. The van der Waals surface area contributed by atoms with Crippen LogP contribution in [0.15, 0.2) is 40.9 Å². The highest BCUT2D eigenvalue weighted by molar-refractivity contribution is 9.10. The highest BCUT2D eigenvalue weighted by Gasteiger charge is 2.04. The minimum Gasteiger partial charge on any atom is -0.496 e. The Morgan fingerprint density at radius 3 is 2.65 bits per heavy atom. The van der Waals surface area contributed by atoms with Gasteiger partial charge in [0.15, 0.2) is 0 Å². The maximum Gasteiger partial charge on any atom is 0.133 e. The van der Waals surface area contributed by atoms with Crippen molar-refractivity contribution < 1.29 is 9.47 Å². The summed E-state index contributed by atoms with van der Waals surface area (Å²) in [7, 11) is 1.62. The van der Waals surface area contributed by atoms with Gasteiger partial charge in [-0.05, 0) is 45.8 Å². The summed E-state index contributed by atoms with van der Waals surface area (Å²) >= 11 is 9.38. The predicted octanol–water partition coefficient (Wildman–Crippen LogP) is 4.56. The van der Waals surface area contributed by atoms with Crippen molar-refractivity contribution >= 4 is 27.5 Å². The number of ether oxygens (including phenoxy) is 2. The number of hydrogen-bond acceptors (Lipinski definition) is 3. The first kappa shape index (κ1) is 14.7. The molecule has 20 heavy (non-hydrogen) atoms. The molecule has 0 aliphatic carbocycles. The fourth-order valence-electron chi connectivity index (χ4n) is 1.64. The van der Waals surface area contributed by atoms with Crippen molar-refractivity contribution in [2.75, 3.05) is 7.11 Å². The number of halogens is 2. The number of nitrogens with zero attached hydrogens (tertiary/aromatic N) is 1. The molecule has 0 atom stereocenters. The Labute approximate surface area is 130 Å². The lowest BCUT2D eigenvalue weighted by Crippen LogP contribution is -1.96. The third-order valence-corrected chi connectivity index (χ3v) is 3.62. The molecule has 0 radical (unpaired) electrons. The molecule has 0 N–H and O–H groups in total. The molecule has 2 rings (SSSR count). The van der Waals surface area contributed by atoms with E-state index in [2.05, 4.69) is 15.9 Å². The zero-order valence-electron chi connectivity index (χ0n) is 10.7. The largest absolute Gasteiger partial charge is 0.496 e. The third-order valence-electron chi connectivity index (χ3n) is 2.68. The van der Waals surface area contributed by atoms with E-state index in [1.54, 1.807) is 25.3 Å². The molecule has 2 aromatic rings. The van der Waals surface area contributed by atoms with Crippen LogP contribution in [0.3, 0.4) is 0 Å². The second kappa shape index (κ2) is 6.65. The molecule has 2 aromatic carbocycles. The van der Waals surface area contributed by atoms with Gasteiger partial charge in [0.2, 0.25) is 0 Å². The van der Waals surface area contributed by atoms with E-state index in [1.807, 2.05) is 24.3 Å². The predicted molar refractivity (Wildman–Crippen MR) is 81.2 cm³/mol. The molecule has 5 heteroatoms. The van der Waals surface area contributed by atoms with Gasteiger partial charge < -0.3 is 9.47 Å². The molecular formula is C15H11BrClNO2. The lowest BCUT2D eigenvalue weighted by molar-refractivity contribution is 0.306. The van der Waals surface area contributed by atoms with Crippen LogP contribution in [0.5, 0.6) is 11.5 Å². The summed E-state index contributed by atoms with van der Waals surface area (Å²) < 4.78 is 11.7. The van der Waals surface area contributed by atoms with Crippen LogP contribution in [0.25, 0.3) is 0 Å². The van der Waals surface area contributed by atoms with Crippen LogP contribution in [-0.4, -0.2) is 7.11 Å². The monoisotopic (exact) mass is 351 g/mol. The molecule has 0 heterocycles. The van der Waals surface area contributed by atoms with E-state index in [9.17, 15) is 0 Å². The summed E-state index contributed by atoms with van der Waals surface area (Å²) in [6, 6.07) is 12.7. The minimum atomic E-state index is 0.390. The van der Waals surface area contributed by atoms with Crippen molar-refractivity contribution in [1.82, 2.24) is 0 Å². The minimum absolute atomic E-state index is 0.390. The topological polar surface area (TPSA) is 42.2 Å². The van der Waals surface area contributed by atoms with Crippen LogP contribution in [0.1, 0.15) is 11.1 Å². The number of hydrogen-bond donors (Lipinski definition) is 0. The van der Waals surface area contributed by atoms with Crippen molar-refractivity contribution in [3.8, 4) is 17.6 Å². The molecule has 0 bridgehead atoms. The van der Waals surface area contributed by atoms with E-state index in [4.69, 9.17) is 26.3 Å². The maximum absolute atomic E-state index is 8.80. The molecule has 0 aliphatic rings. The Morgan fingerprint density at radius 2 is 2.05 bits per heavy atom. The number of benzene rings is 2. The SMILES string of the molecule is COc1ccc(COc2ccc(C#N)c(Cl)c2)cc1Br. The Hall–Kier alpha value is -1.70. The zero-order valence-corrected chi connectivity index (χ0v) is 13.0. The molecule has 0 aliphatic heterocycles. The van der Waals surface area contributed by atoms with Gasteiger partial charge in [-0.1, -0.05) is 17.7 Å². The average molecular weight is 353 g/mol. The quantitative estimate of drug-likeness (QED) is 0.810. The third kappa shape index (κ3) is 3.44. The fraction of sp³-hybridized carbons (Fsp3) is 0.133. The molecule has 0 aromatic heterocycles. The van der Waals surface area contributed by atoms with Gasteiger partial charge in [-0.25, -0.2) is 0 Å². The summed E-state index contributed by atoms with van der Waals surface area (Å²) in [5, 5.41) is 9.19. The molecule has 0 unspecified atom stereocenters. The van der Waals surface area contributed by atoms with Crippen molar-refractivity contribution in [3.05, 3.63) is 57.0 Å². The van der Waals surface area contributed by atoms with Crippen LogP contribution in [0.2, 0.25) is 5.02 Å². The highest BCUT2D eigenvalue weighted by atomic mass is 79.9. The Morgan fingerprint density at radius 1 is 1.25 bits per heavy atom. The maximum atomic E-state index is 8.80. The van der Waals surface area contributed by atoms with E-state index in [-0.39, 0.29) is 0 Å². The van der Waals surface area contributed by atoms with Crippen LogP contribution < -0.4 is 9.47 Å². The molecule has 3 nitrogen and oxygen atoms in total. The first-order valence-electron chi connectivity index (χ1n) is 5.79. The van der Waals surface area contributed by atoms with E-state index >= 15 is 0 Å². The smallest absolute Gasteiger partial charge is 0.133 e. The first-order chi connectivity index (χ1) is 9.63. The van der Waals surface area contributed by atoms with E-state index in [0.717, 1.165) is 15.8 Å². The molecule has 0 spiro atoms. The summed E-state index contributed by atoms with van der Waals surface area (Å²) in [4.78, 5) is 0. The summed E-state index contributed by atoms with van der Waals surface area (Å²) in [6.45, 7) is 0.408. The van der Waals surface area contributed by atoms with Gasteiger partial charge in [0.1, 0.15) is 24.2 Å². The van der Waals surface area contributed by atoms with Crippen LogP contribution in [-0.2, 0) is 6.61 Å². The number of nitriles is 1. The molecule has 0 saturated carbocycles. The lowest BCUT2D eigenvalue weighted by atomic mass is 10.2. The van der Waals surface area contributed by atoms with Gasteiger partial charge in [-0.2, -0.15) is 5.26 Å². The summed E-state index contributed by atoms with van der Waals surface area (Å²) in [6.07, 6.45) is 0. The number of methoxy groups -OCH3 is 1. The molecular weight excluding hydrogens is 342 g/mol. The van der Waals surface area contributed by atoms with Crippen LogP contribution in [0.4, 0.5) is 0 Å². The fourth-order valence-corrected chi connectivity index (χ4v) is 2.44. The van der Waals surface area contributed by atoms with E-state index < -0.39 is 0 Å². The highest BCUT2D eigenvalue weighted by Crippen LogP contribution is 2.27. The van der Waals surface area contributed by atoms with Gasteiger partial charge in [0, 0.05) is 6.07 Å². The van der Waals surface area contributed by atoms with E-state index in [0.29, 0.717) is 22.9 Å². The van der Waals surface area contributed by atoms with Crippen molar-refractivity contribution in [3.63, 3.8) is 0 Å². The standard InChI is InChI=1S/C15H11BrClNO2/c1-19-15-5-2-10(6-13(15)16)9-20-12-4-3-11(8-18)14(17)7-12/h2-7H,9H2,1H3. The van der Waals surface area contributed by atoms with Gasteiger partial charge in [0.05, 0.1) is 22.2 Å². The van der Waals surface area contributed by atoms with Gasteiger partial charge >= 0.3 is 0 Å². The van der Waals surface area contributed by atoms with E-state index in [1.165, 1.54) is 0 Å². The zero-order chi connectivity index (χ0) is 14.5. The summed E-state index contributed by atoms with van der Waals surface area (Å²) in [5.41, 5.74) is 1.43. The van der Waals surface area contributed by atoms with Gasteiger partial charge in [-0.15, -0.1) is 0 Å². The van der Waals surface area contributed by atoms with Crippen molar-refractivity contribution in [1.29, 1.82) is 5.26 Å². The average Bonchev–Trinajstić information content (AvgIpc) is 2.45. The Balaban J connectivity index is 2.07. The Bertz CT molecular complexity index is 667. The normalized spacial score (nSPS) is 9.90. The molecule has 102 valence electrons. The molecule has 0 saturated heterocycles. The molecule has 0 fully saturated rings. The second-order valence-electron chi connectivity index (χ2n) is 4.01. The number of rotatable bonds is 4. The first-order valence-corrected chi connectivity index (χ1v) is 6.96. The van der Waals surface area contributed by atoms with Crippen molar-refractivity contribution in [2.24, 2.45) is 0 Å². The molecule has 0 amide bonds. The van der Waals surface area contributed by atoms with Crippen LogP contribution in [0, 0.1) is 11.3 Å². The van der Waals surface area contributed by atoms with Gasteiger partial charge in [0.25, 0.3) is 0 Å². The Kier molecular flexibility index (Phi) is 4.89. The summed E-state index contributed by atoms with van der Waals surface area (Å²) in [5.74, 6) is 1.40. The van der Waals surface area contributed by atoms with Crippen molar-refractivity contribution in [2.45, 2.75) is 6.61 Å². The lowest BCUT2D eigenvalue weighted by Gasteiger charge is -2.09. The van der Waals surface area contributed by atoms with Crippen LogP contribution >= 0.6 is 27.5 Å². The van der Waals surface area contributed by atoms with Gasteiger partial charge in [-0.3, -0.25) is 0 Å².